The van der Waals surface area contributed by atoms with Gasteiger partial charge in [-0.15, -0.1) is 23.2 Å². The molecule has 0 bridgehead atoms. The zero-order valence-electron chi connectivity index (χ0n) is 32.4. The number of hydrogen-bond acceptors (Lipinski definition) is 2. The van der Waals surface area contributed by atoms with Gasteiger partial charge in [-0.05, 0) is 131 Å². The fourth-order valence-corrected chi connectivity index (χ4v) is 16.3. The summed E-state index contributed by atoms with van der Waals surface area (Å²) in [5, 5.41) is -0.128. The molecule has 0 aromatic heterocycles. The Morgan fingerprint density at radius 2 is 1.10 bits per heavy atom. The average Bonchev–Trinajstić information content (AvgIpc) is 3.50. The van der Waals surface area contributed by atoms with Gasteiger partial charge in [0.15, 0.2) is 0 Å². The van der Waals surface area contributed by atoms with Crippen molar-refractivity contribution in [1.82, 2.24) is 0 Å². The molecule has 1 saturated heterocycles. The second-order valence-corrected chi connectivity index (χ2v) is 20.7. The van der Waals surface area contributed by atoms with Gasteiger partial charge in [0.25, 0.3) is 0 Å². The van der Waals surface area contributed by atoms with Crippen LogP contribution in [-0.4, -0.2) is 34.4 Å². The Morgan fingerprint density at radius 1 is 0.654 bits per heavy atom. The largest absolute Gasteiger partial charge is 0.325 e. The molecule has 3 aromatic carbocycles. The molecule has 0 spiro atoms. The average molecular weight is 843 g/mol. The van der Waals surface area contributed by atoms with Crippen molar-refractivity contribution in [1.29, 1.82) is 0 Å². The van der Waals surface area contributed by atoms with Crippen LogP contribution in [0, 0.1) is 41.5 Å². The Labute approximate surface area is 339 Å². The van der Waals surface area contributed by atoms with Crippen molar-refractivity contribution in [2.24, 2.45) is 0 Å². The van der Waals surface area contributed by atoms with Crippen LogP contribution >= 0.6 is 31.1 Å². The van der Waals surface area contributed by atoms with E-state index in [1.807, 2.05) is 0 Å². The predicted molar refractivity (Wildman–Crippen MR) is 226 cm³/mol. The van der Waals surface area contributed by atoms with Crippen molar-refractivity contribution >= 4 is 48.6 Å². The van der Waals surface area contributed by atoms with Crippen molar-refractivity contribution < 1.29 is 19.5 Å². The Hall–Kier alpha value is -1.63. The van der Waals surface area contributed by atoms with E-state index in [4.69, 9.17) is 23.2 Å². The quantitative estimate of drug-likeness (QED) is 0.139. The zero-order valence-corrected chi connectivity index (χ0v) is 36.5. The molecule has 1 aliphatic heterocycles. The summed E-state index contributed by atoms with van der Waals surface area (Å²) >= 11 is 16.5. The molecule has 2 nitrogen and oxygen atoms in total. The van der Waals surface area contributed by atoms with Gasteiger partial charge < -0.3 is 9.80 Å². The third-order valence-corrected chi connectivity index (χ3v) is 17.6. The Bertz CT molecular complexity index is 1660. The van der Waals surface area contributed by atoms with Crippen LogP contribution in [-0.2, 0) is 19.5 Å². The van der Waals surface area contributed by atoms with Gasteiger partial charge in [-0.3, -0.25) is 0 Å². The van der Waals surface area contributed by atoms with Crippen LogP contribution in [0.25, 0.3) is 6.08 Å². The maximum atomic E-state index is 8.65. The van der Waals surface area contributed by atoms with E-state index in [1.54, 1.807) is 0 Å². The molecular weight excluding hydrogens is 783 g/mol. The Kier molecular flexibility index (Phi) is 13.1. The van der Waals surface area contributed by atoms with Crippen LogP contribution in [0.3, 0.4) is 0 Å². The number of allylic oxidation sites excluding steroid dienone is 2. The molecule has 1 heterocycles. The smallest absolute Gasteiger partial charge is 0.118 e. The number of aryl methyl sites for hydroxylation is 6. The van der Waals surface area contributed by atoms with E-state index in [0.717, 1.165) is 37.2 Å². The van der Waals surface area contributed by atoms with Gasteiger partial charge in [0.05, 0.1) is 9.99 Å². The van der Waals surface area contributed by atoms with E-state index in [1.165, 1.54) is 131 Å². The monoisotopic (exact) mass is 842 g/mol. The van der Waals surface area contributed by atoms with E-state index in [9.17, 15) is 0 Å². The van der Waals surface area contributed by atoms with E-state index in [2.05, 4.69) is 112 Å². The first kappa shape index (κ1) is 40.0. The third-order valence-electron chi connectivity index (χ3n) is 12.3. The van der Waals surface area contributed by atoms with E-state index >= 15 is 0 Å². The molecule has 3 aromatic rings. The topological polar surface area (TPSA) is 6.48 Å². The van der Waals surface area contributed by atoms with Gasteiger partial charge in [0, 0.05) is 49.5 Å². The first-order valence-electron chi connectivity index (χ1n) is 19.9. The summed E-state index contributed by atoms with van der Waals surface area (Å²) in [7, 11) is -0.496. The number of rotatable bonds is 6. The van der Waals surface area contributed by atoms with E-state index in [0.29, 0.717) is 0 Å². The summed E-state index contributed by atoms with van der Waals surface area (Å²) < 4.78 is -0.419. The fourth-order valence-electron chi connectivity index (χ4n) is 10.5. The van der Waals surface area contributed by atoms with Gasteiger partial charge in [-0.2, -0.15) is 0 Å². The number of halogens is 2. The van der Waals surface area contributed by atoms with Crippen LogP contribution < -0.4 is 9.80 Å². The molecule has 2 unspecified atom stereocenters. The summed E-state index contributed by atoms with van der Waals surface area (Å²) in [6, 6.07) is 20.4. The van der Waals surface area contributed by atoms with Gasteiger partial charge in [0.2, 0.25) is 0 Å². The van der Waals surface area contributed by atoms with Crippen LogP contribution in [0.1, 0.15) is 116 Å². The molecule has 2 atom stereocenters. The minimum Gasteiger partial charge on any atom is -0.325 e. The summed E-state index contributed by atoms with van der Waals surface area (Å²) in [6.45, 7) is 15.4. The van der Waals surface area contributed by atoms with E-state index < -0.39 is 12.5 Å². The Morgan fingerprint density at radius 3 is 1.54 bits per heavy atom. The molecule has 0 amide bonds. The zero-order chi connectivity index (χ0) is 35.9. The fraction of sp³-hybridized carbons (Fsp3) is 0.522. The standard InChI is InChI=1S/C46H59Cl2N2P.Ru/c1-31-26-33(3)43(34(4)27-31)49-24-25-50(44-35(5)28-32(2)29-36(44)6)45(49)42-40(30-37-16-10-7-11-17-37)46(48,23-22-41(42)47)51(38-18-12-8-13-19-38)39-20-14-9-15-21-39;/h7,10-11,16-17,26-30,38-39,41H,8-9,12-15,18-25H2,1-6H3;. The number of anilines is 2. The van der Waals surface area contributed by atoms with Crippen molar-refractivity contribution in [3.63, 3.8) is 0 Å². The normalized spacial score (nSPS) is 24.2. The SMILES string of the molecule is Cc1cc(C)c(N2CCN(c3c(C)cc(C)cc3C)C2=C2C(=Cc3ccccc3)C(Cl)(P(C3CCCCC3)C3CCCCC3)CCC2Cl)c(C)c1.[Ru]. The molecule has 4 fully saturated rings. The first-order valence-corrected chi connectivity index (χ1v) is 22.2. The molecule has 0 N–H and O–H groups in total. The molecule has 52 heavy (non-hydrogen) atoms. The van der Waals surface area contributed by atoms with Crippen LogP contribution in [0.15, 0.2) is 71.6 Å². The van der Waals surface area contributed by atoms with Gasteiger partial charge in [0.1, 0.15) is 5.82 Å². The molecule has 4 aliphatic rings. The number of benzene rings is 3. The maximum absolute atomic E-state index is 8.65. The molecular formula is C46H59Cl2N2PRu. The molecule has 7 rings (SSSR count). The van der Waals surface area contributed by atoms with Gasteiger partial charge in [-0.25, -0.2) is 0 Å². The van der Waals surface area contributed by atoms with Crippen molar-refractivity contribution in [3.05, 3.63) is 111 Å². The van der Waals surface area contributed by atoms with Gasteiger partial charge >= 0.3 is 0 Å². The number of hydrogen-bond donors (Lipinski definition) is 0. The minimum absolute atomic E-state index is 0. The summed E-state index contributed by atoms with van der Waals surface area (Å²) in [5.41, 5.74) is 15.8. The summed E-state index contributed by atoms with van der Waals surface area (Å²) in [6.07, 6.45) is 17.9. The summed E-state index contributed by atoms with van der Waals surface area (Å²) in [4.78, 5) is 5.27. The van der Waals surface area contributed by atoms with Crippen LogP contribution in [0.2, 0.25) is 0 Å². The molecule has 3 saturated carbocycles. The maximum Gasteiger partial charge on any atom is 0.118 e. The number of nitrogens with zero attached hydrogens (tertiary/aromatic N) is 2. The Balaban J connectivity index is 0.00000464. The first-order chi connectivity index (χ1) is 24.6. The minimum atomic E-state index is -0.496. The van der Waals surface area contributed by atoms with Crippen molar-refractivity contribution in [2.45, 2.75) is 140 Å². The second kappa shape index (κ2) is 17.0. The van der Waals surface area contributed by atoms with Gasteiger partial charge in [-0.1, -0.05) is 112 Å². The predicted octanol–water partition coefficient (Wildman–Crippen LogP) is 13.6. The van der Waals surface area contributed by atoms with Crippen LogP contribution in [0.5, 0.6) is 0 Å². The third kappa shape index (κ3) is 7.88. The molecule has 3 aliphatic carbocycles. The molecule has 6 heteroatoms. The number of alkyl halides is 2. The molecule has 280 valence electrons. The molecule has 0 radical (unpaired) electrons. The van der Waals surface area contributed by atoms with Crippen LogP contribution in [0.4, 0.5) is 11.4 Å². The van der Waals surface area contributed by atoms with Crippen molar-refractivity contribution in [2.75, 3.05) is 22.9 Å². The van der Waals surface area contributed by atoms with Crippen molar-refractivity contribution in [3.8, 4) is 0 Å². The second-order valence-electron chi connectivity index (χ2n) is 16.3. The van der Waals surface area contributed by atoms with E-state index in [-0.39, 0.29) is 24.9 Å². The summed E-state index contributed by atoms with van der Waals surface area (Å²) in [5.74, 6) is 1.26.